The van der Waals surface area contributed by atoms with Crippen molar-refractivity contribution >= 4 is 31.0 Å². The molecule has 0 aliphatic rings. The third-order valence-corrected chi connectivity index (χ3v) is 6.49. The number of sulfone groups is 2. The fraction of sp³-hybridized carbons (Fsp3) is 0.231. The second kappa shape index (κ2) is 5.78. The van der Waals surface area contributed by atoms with Crippen molar-refractivity contribution in [2.24, 2.45) is 0 Å². The van der Waals surface area contributed by atoms with Gasteiger partial charge in [-0.15, -0.1) is 0 Å². The van der Waals surface area contributed by atoms with E-state index in [1.54, 1.807) is 16.8 Å². The molecule has 0 amide bonds. The molecule has 0 aliphatic heterocycles. The van der Waals surface area contributed by atoms with Crippen LogP contribution in [0.4, 0.5) is 0 Å². The lowest BCUT2D eigenvalue weighted by molar-refractivity contribution is 0.402. The zero-order chi connectivity index (χ0) is 15.7. The van der Waals surface area contributed by atoms with Gasteiger partial charge in [0.15, 0.2) is 19.7 Å². The zero-order valence-electron chi connectivity index (χ0n) is 11.4. The van der Waals surface area contributed by atoms with E-state index in [9.17, 15) is 16.8 Å². The van der Waals surface area contributed by atoms with Crippen LogP contribution >= 0.6 is 11.3 Å². The Morgan fingerprint density at radius 2 is 1.86 bits per heavy atom. The molecule has 1 aromatic heterocycles. The molecule has 1 heterocycles. The van der Waals surface area contributed by atoms with Crippen LogP contribution in [-0.4, -0.2) is 30.2 Å². The molecule has 0 unspecified atom stereocenters. The molecule has 0 spiro atoms. The van der Waals surface area contributed by atoms with Crippen molar-refractivity contribution in [3.8, 4) is 5.75 Å². The van der Waals surface area contributed by atoms with Crippen molar-refractivity contribution in [2.45, 2.75) is 15.5 Å². The van der Waals surface area contributed by atoms with Crippen LogP contribution in [0.15, 0.2) is 44.8 Å². The van der Waals surface area contributed by atoms with Gasteiger partial charge in [-0.2, -0.15) is 11.3 Å². The average Bonchev–Trinajstić information content (AvgIpc) is 2.91. The van der Waals surface area contributed by atoms with Gasteiger partial charge in [0.1, 0.15) is 10.6 Å². The Morgan fingerprint density at radius 1 is 1.14 bits per heavy atom. The van der Waals surface area contributed by atoms with Crippen LogP contribution in [0.2, 0.25) is 0 Å². The van der Waals surface area contributed by atoms with Gasteiger partial charge in [-0.3, -0.25) is 0 Å². The summed E-state index contributed by atoms with van der Waals surface area (Å²) in [6.45, 7) is 0. The smallest absolute Gasteiger partial charge is 0.183 e. The second-order valence-corrected chi connectivity index (χ2v) is 9.23. The van der Waals surface area contributed by atoms with Crippen molar-refractivity contribution < 1.29 is 21.6 Å². The third-order valence-electron chi connectivity index (χ3n) is 2.84. The van der Waals surface area contributed by atoms with Gasteiger partial charge in [-0.1, -0.05) is 6.07 Å². The van der Waals surface area contributed by atoms with Gasteiger partial charge in [0, 0.05) is 11.6 Å². The van der Waals surface area contributed by atoms with Crippen LogP contribution in [0, 0.1) is 0 Å². The second-order valence-electron chi connectivity index (χ2n) is 4.48. The van der Waals surface area contributed by atoms with Crippen LogP contribution in [0.5, 0.6) is 5.75 Å². The van der Waals surface area contributed by atoms with Crippen LogP contribution in [0.3, 0.4) is 0 Å². The normalized spacial score (nSPS) is 12.3. The maximum atomic E-state index is 12.2. The number of thiophene rings is 1. The van der Waals surface area contributed by atoms with Crippen molar-refractivity contribution in [1.29, 1.82) is 0 Å². The Hall–Kier alpha value is -1.38. The summed E-state index contributed by atoms with van der Waals surface area (Å²) >= 11 is 1.31. The molecule has 2 aromatic rings. The molecule has 0 fully saturated rings. The Kier molecular flexibility index (Phi) is 4.40. The van der Waals surface area contributed by atoms with Crippen molar-refractivity contribution in [1.82, 2.24) is 0 Å². The standard InChI is InChI=1S/C13H14O5S3/c1-18-12-7-10(3-4-13(12)20(2,14)15)9-21(16,17)11-5-6-19-8-11/h3-8H,9H2,1-2H3. The number of methoxy groups -OCH3 is 1. The molecule has 114 valence electrons. The predicted octanol–water partition coefficient (Wildman–Crippen LogP) is 2.13. The number of ether oxygens (including phenoxy) is 1. The maximum absolute atomic E-state index is 12.2. The zero-order valence-corrected chi connectivity index (χ0v) is 13.9. The summed E-state index contributed by atoms with van der Waals surface area (Å²) < 4.78 is 52.6. The lowest BCUT2D eigenvalue weighted by atomic mass is 10.2. The van der Waals surface area contributed by atoms with Crippen molar-refractivity contribution in [2.75, 3.05) is 13.4 Å². The average molecular weight is 346 g/mol. The van der Waals surface area contributed by atoms with E-state index in [2.05, 4.69) is 0 Å². The largest absolute Gasteiger partial charge is 0.495 e. The molecule has 0 radical (unpaired) electrons. The highest BCUT2D eigenvalue weighted by Gasteiger charge is 2.19. The maximum Gasteiger partial charge on any atom is 0.183 e. The highest BCUT2D eigenvalue weighted by Crippen LogP contribution is 2.27. The Labute approximate surface area is 128 Å². The van der Waals surface area contributed by atoms with Gasteiger partial charge in [0.2, 0.25) is 0 Å². The van der Waals surface area contributed by atoms with Crippen LogP contribution in [0.1, 0.15) is 5.56 Å². The monoisotopic (exact) mass is 346 g/mol. The van der Waals surface area contributed by atoms with Crippen LogP contribution in [0.25, 0.3) is 0 Å². The topological polar surface area (TPSA) is 77.5 Å². The van der Waals surface area contributed by atoms with Crippen molar-refractivity contribution in [3.05, 3.63) is 40.6 Å². The van der Waals surface area contributed by atoms with Crippen LogP contribution < -0.4 is 4.74 Å². The molecule has 5 nitrogen and oxygen atoms in total. The first kappa shape index (κ1) is 16.0. The quantitative estimate of drug-likeness (QED) is 0.829. The van der Waals surface area contributed by atoms with Crippen molar-refractivity contribution in [3.63, 3.8) is 0 Å². The summed E-state index contributed by atoms with van der Waals surface area (Å²) in [5.74, 6) is -0.0556. The summed E-state index contributed by atoms with van der Waals surface area (Å²) in [6, 6.07) is 5.85. The molecule has 21 heavy (non-hydrogen) atoms. The van der Waals surface area contributed by atoms with E-state index in [-0.39, 0.29) is 21.3 Å². The van der Waals surface area contributed by atoms with Gasteiger partial charge in [-0.25, -0.2) is 16.8 Å². The van der Waals surface area contributed by atoms with E-state index in [0.29, 0.717) is 5.56 Å². The number of benzene rings is 1. The lowest BCUT2D eigenvalue weighted by Gasteiger charge is -2.09. The summed E-state index contributed by atoms with van der Waals surface area (Å²) in [5, 5.41) is 3.26. The molecule has 0 N–H and O–H groups in total. The number of hydrogen-bond acceptors (Lipinski definition) is 6. The molecular weight excluding hydrogens is 332 g/mol. The molecule has 0 saturated heterocycles. The van der Waals surface area contributed by atoms with Crippen LogP contribution in [-0.2, 0) is 25.4 Å². The van der Waals surface area contributed by atoms with Gasteiger partial charge in [-0.05, 0) is 29.1 Å². The summed E-state index contributed by atoms with van der Waals surface area (Å²) in [7, 11) is -5.51. The minimum Gasteiger partial charge on any atom is -0.495 e. The Balaban J connectivity index is 2.39. The predicted molar refractivity (Wildman–Crippen MR) is 81.3 cm³/mol. The van der Waals surface area contributed by atoms with E-state index < -0.39 is 19.7 Å². The highest BCUT2D eigenvalue weighted by atomic mass is 32.2. The molecule has 8 heteroatoms. The van der Waals surface area contributed by atoms with E-state index in [1.807, 2.05) is 0 Å². The Bertz CT molecular complexity index is 834. The van der Waals surface area contributed by atoms with Gasteiger partial charge < -0.3 is 4.74 Å². The minimum absolute atomic E-state index is 0.0432. The van der Waals surface area contributed by atoms with Gasteiger partial charge in [0.05, 0.1) is 17.8 Å². The third kappa shape index (κ3) is 3.63. The van der Waals surface area contributed by atoms with Gasteiger partial charge >= 0.3 is 0 Å². The molecule has 1 aromatic carbocycles. The van der Waals surface area contributed by atoms with E-state index in [4.69, 9.17) is 4.74 Å². The first-order valence-electron chi connectivity index (χ1n) is 5.86. The number of hydrogen-bond donors (Lipinski definition) is 0. The molecule has 0 aliphatic carbocycles. The van der Waals surface area contributed by atoms with Gasteiger partial charge in [0.25, 0.3) is 0 Å². The number of rotatable bonds is 5. The SMILES string of the molecule is COc1cc(CS(=O)(=O)c2ccsc2)ccc1S(C)(=O)=O. The Morgan fingerprint density at radius 3 is 2.38 bits per heavy atom. The fourth-order valence-electron chi connectivity index (χ4n) is 1.84. The molecule has 0 saturated carbocycles. The fourth-order valence-corrected chi connectivity index (χ4v) is 5.08. The molecule has 2 rings (SSSR count). The molecular formula is C13H14O5S3. The first-order chi connectivity index (χ1) is 9.74. The van der Waals surface area contributed by atoms with E-state index >= 15 is 0 Å². The molecule has 0 atom stereocenters. The highest BCUT2D eigenvalue weighted by molar-refractivity contribution is 7.91. The van der Waals surface area contributed by atoms with E-state index in [0.717, 1.165) is 6.26 Å². The van der Waals surface area contributed by atoms with E-state index in [1.165, 1.54) is 36.6 Å². The summed E-state index contributed by atoms with van der Waals surface area (Å²) in [4.78, 5) is 0.306. The summed E-state index contributed by atoms with van der Waals surface area (Å²) in [6.07, 6.45) is 1.08. The first-order valence-corrected chi connectivity index (χ1v) is 10.3. The minimum atomic E-state index is -3.44. The molecule has 0 bridgehead atoms. The lowest BCUT2D eigenvalue weighted by Crippen LogP contribution is -2.06. The summed E-state index contributed by atoms with van der Waals surface area (Å²) in [5.41, 5.74) is 0.477.